The van der Waals surface area contributed by atoms with Crippen molar-refractivity contribution in [2.24, 2.45) is 0 Å². The van der Waals surface area contributed by atoms with Gasteiger partial charge in [-0.3, -0.25) is 19.8 Å². The standard InChI is InChI=1S/C24H28F3N7O4/c1-13(24(25,26)27)29-22(36)17-2-3-18-20(31-17)34(16-5-8-33(18)11-16)23(37)32-19-10-14(4-7-28-19)21(35)30-15-6-9-38-12-15/h2-4,7,10,13,15-17,31H,5-6,8-9,11-12H2,1H3,(H,29,36)(H,30,35)(H,28,32,37)/t13-,15+,16+,17?/m1/s1. The minimum absolute atomic E-state index is 0.0765. The Morgan fingerprint density at radius 2 is 2.08 bits per heavy atom. The van der Waals surface area contributed by atoms with Crippen LogP contribution in [0.3, 0.4) is 0 Å². The number of dihydropyridines is 1. The molecule has 0 radical (unpaired) electrons. The van der Waals surface area contributed by atoms with Gasteiger partial charge in [-0.1, -0.05) is 6.08 Å². The molecule has 14 heteroatoms. The first kappa shape index (κ1) is 25.8. The van der Waals surface area contributed by atoms with Crippen LogP contribution >= 0.6 is 0 Å². The molecule has 1 unspecified atom stereocenters. The Morgan fingerprint density at radius 3 is 2.82 bits per heavy atom. The molecular weight excluding hydrogens is 507 g/mol. The summed E-state index contributed by atoms with van der Waals surface area (Å²) < 4.78 is 44.1. The Balaban J connectivity index is 1.30. The first-order valence-electron chi connectivity index (χ1n) is 12.4. The molecule has 38 heavy (non-hydrogen) atoms. The second-order valence-electron chi connectivity index (χ2n) is 9.64. The topological polar surface area (TPSA) is 128 Å². The summed E-state index contributed by atoms with van der Waals surface area (Å²) in [5.74, 6) is -0.686. The number of aromatic nitrogens is 1. The molecule has 4 aliphatic heterocycles. The lowest BCUT2D eigenvalue weighted by Gasteiger charge is -2.41. The number of nitrogens with one attached hydrogen (secondary N) is 4. The van der Waals surface area contributed by atoms with Gasteiger partial charge in [-0.05, 0) is 38.0 Å². The molecule has 2 bridgehead atoms. The van der Waals surface area contributed by atoms with E-state index in [1.807, 2.05) is 5.32 Å². The second-order valence-corrected chi connectivity index (χ2v) is 9.64. The molecule has 0 aromatic carbocycles. The molecular formula is C24H28F3N7O4. The van der Waals surface area contributed by atoms with Gasteiger partial charge in [0.05, 0.1) is 24.4 Å². The van der Waals surface area contributed by atoms with E-state index in [1.54, 1.807) is 6.08 Å². The van der Waals surface area contributed by atoms with Gasteiger partial charge in [0.25, 0.3) is 5.91 Å². The summed E-state index contributed by atoms with van der Waals surface area (Å²) >= 11 is 0. The molecule has 0 spiro atoms. The first-order valence-corrected chi connectivity index (χ1v) is 12.4. The van der Waals surface area contributed by atoms with Crippen molar-refractivity contribution in [3.63, 3.8) is 0 Å². The number of carbonyl (C=O) groups excluding carboxylic acids is 3. The number of alkyl halides is 3. The Morgan fingerprint density at radius 1 is 1.26 bits per heavy atom. The number of allylic oxidation sites excluding steroid dienone is 1. The zero-order valence-corrected chi connectivity index (χ0v) is 20.5. The fraction of sp³-hybridized carbons (Fsp3) is 0.500. The van der Waals surface area contributed by atoms with E-state index < -0.39 is 30.2 Å². The summed E-state index contributed by atoms with van der Waals surface area (Å²) in [6.45, 7) is 3.15. The van der Waals surface area contributed by atoms with E-state index in [1.165, 1.54) is 29.3 Å². The highest BCUT2D eigenvalue weighted by molar-refractivity contribution is 5.97. The first-order chi connectivity index (χ1) is 18.1. The number of nitrogens with zero attached hydrogens (tertiary/aromatic N) is 3. The maximum atomic E-state index is 13.4. The van der Waals surface area contributed by atoms with Crippen LogP contribution in [0, 0.1) is 0 Å². The highest BCUT2D eigenvalue weighted by Crippen LogP contribution is 2.33. The third-order valence-electron chi connectivity index (χ3n) is 6.96. The highest BCUT2D eigenvalue weighted by Gasteiger charge is 2.43. The van der Waals surface area contributed by atoms with Gasteiger partial charge < -0.3 is 25.6 Å². The van der Waals surface area contributed by atoms with Crippen molar-refractivity contribution in [2.45, 2.75) is 50.1 Å². The van der Waals surface area contributed by atoms with Gasteiger partial charge >= 0.3 is 12.2 Å². The quantitative estimate of drug-likeness (QED) is 0.448. The fourth-order valence-electron chi connectivity index (χ4n) is 4.87. The maximum Gasteiger partial charge on any atom is 0.408 e. The summed E-state index contributed by atoms with van der Waals surface area (Å²) in [5, 5.41) is 10.5. The van der Waals surface area contributed by atoms with Gasteiger partial charge in [-0.15, -0.1) is 0 Å². The lowest BCUT2D eigenvalue weighted by molar-refractivity contribution is -0.158. The average Bonchev–Trinajstić information content (AvgIpc) is 3.54. The third-order valence-corrected chi connectivity index (χ3v) is 6.96. The molecule has 4 amide bonds. The monoisotopic (exact) mass is 535 g/mol. The molecule has 0 saturated carbocycles. The molecule has 2 fully saturated rings. The number of anilines is 1. The van der Waals surface area contributed by atoms with Crippen molar-refractivity contribution in [3.05, 3.63) is 47.6 Å². The Labute approximate surface area is 216 Å². The summed E-state index contributed by atoms with van der Waals surface area (Å²) in [7, 11) is 0. The summed E-state index contributed by atoms with van der Waals surface area (Å²) in [4.78, 5) is 46.3. The van der Waals surface area contributed by atoms with Gasteiger partial charge in [0.1, 0.15) is 23.7 Å². The predicted octanol–water partition coefficient (Wildman–Crippen LogP) is 1.29. The van der Waals surface area contributed by atoms with Gasteiger partial charge in [-0.2, -0.15) is 13.2 Å². The smallest absolute Gasteiger partial charge is 0.379 e. The van der Waals surface area contributed by atoms with Crippen LogP contribution in [0.25, 0.3) is 0 Å². The number of amides is 4. The zero-order chi connectivity index (χ0) is 27.0. The van der Waals surface area contributed by atoms with E-state index in [4.69, 9.17) is 4.74 Å². The highest BCUT2D eigenvalue weighted by atomic mass is 19.4. The van der Waals surface area contributed by atoms with Crippen molar-refractivity contribution in [1.82, 2.24) is 30.7 Å². The number of ether oxygens (including phenoxy) is 1. The van der Waals surface area contributed by atoms with Crippen LogP contribution in [0.1, 0.15) is 30.1 Å². The average molecular weight is 536 g/mol. The minimum atomic E-state index is -4.58. The van der Waals surface area contributed by atoms with Crippen LogP contribution in [0.15, 0.2) is 42.0 Å². The number of fused-ring (bicyclic) bond motifs is 3. The van der Waals surface area contributed by atoms with Gasteiger partial charge in [0.2, 0.25) is 5.91 Å². The molecule has 0 aliphatic carbocycles. The molecule has 11 nitrogen and oxygen atoms in total. The van der Waals surface area contributed by atoms with Crippen molar-refractivity contribution in [1.29, 1.82) is 0 Å². The lowest BCUT2D eigenvalue weighted by atomic mass is 10.1. The van der Waals surface area contributed by atoms with Crippen LogP contribution in [0.4, 0.5) is 23.8 Å². The van der Waals surface area contributed by atoms with Crippen LogP contribution in [0.5, 0.6) is 0 Å². The van der Waals surface area contributed by atoms with E-state index >= 15 is 0 Å². The van der Waals surface area contributed by atoms with Gasteiger partial charge in [0, 0.05) is 31.5 Å². The lowest BCUT2D eigenvalue weighted by Crippen LogP contribution is -2.57. The summed E-state index contributed by atoms with van der Waals surface area (Å²) in [6.07, 6.45) is 1.34. The predicted molar refractivity (Wildman–Crippen MR) is 129 cm³/mol. The van der Waals surface area contributed by atoms with Crippen LogP contribution in [-0.4, -0.2) is 89.3 Å². The normalized spacial score (nSPS) is 25.0. The van der Waals surface area contributed by atoms with Crippen molar-refractivity contribution in [3.8, 4) is 0 Å². The third kappa shape index (κ3) is 5.26. The van der Waals surface area contributed by atoms with E-state index in [0.717, 1.165) is 13.3 Å². The minimum Gasteiger partial charge on any atom is -0.379 e. The Bertz CT molecular complexity index is 1180. The molecule has 2 saturated heterocycles. The molecule has 5 rings (SSSR count). The number of pyridine rings is 1. The fourth-order valence-corrected chi connectivity index (χ4v) is 4.87. The van der Waals surface area contributed by atoms with Gasteiger partial charge in [-0.25, -0.2) is 9.78 Å². The molecule has 4 atom stereocenters. The number of urea groups is 1. The van der Waals surface area contributed by atoms with Gasteiger partial charge in [0.15, 0.2) is 0 Å². The molecule has 4 aliphatic rings. The SMILES string of the molecule is C[C@@H](NC(=O)C1C=CC2=C(N1)N(C(=O)Nc1cc(C(=O)N[C@H]3CCOC3)ccn1)[C@H]1CCN2C1)C(F)(F)F. The number of hydrogen-bond donors (Lipinski definition) is 4. The van der Waals surface area contributed by atoms with Crippen molar-refractivity contribution in [2.75, 3.05) is 31.6 Å². The molecule has 4 N–H and O–H groups in total. The largest absolute Gasteiger partial charge is 0.408 e. The van der Waals surface area contributed by atoms with Crippen LogP contribution in [-0.2, 0) is 9.53 Å². The van der Waals surface area contributed by atoms with Crippen LogP contribution < -0.4 is 21.3 Å². The van der Waals surface area contributed by atoms with E-state index in [9.17, 15) is 27.6 Å². The molecule has 204 valence electrons. The number of halogens is 3. The molecule has 5 heterocycles. The van der Waals surface area contributed by atoms with E-state index in [0.29, 0.717) is 49.8 Å². The maximum absolute atomic E-state index is 13.4. The zero-order valence-electron chi connectivity index (χ0n) is 20.5. The Kier molecular flexibility index (Phi) is 6.90. The van der Waals surface area contributed by atoms with Crippen molar-refractivity contribution < 1.29 is 32.3 Å². The number of carbonyl (C=O) groups is 3. The summed E-state index contributed by atoms with van der Waals surface area (Å²) in [5.41, 5.74) is 0.990. The number of rotatable bonds is 5. The number of hydrogen-bond acceptors (Lipinski definition) is 7. The Hall–Kier alpha value is -3.81. The summed E-state index contributed by atoms with van der Waals surface area (Å²) in [6, 6.07) is -0.960. The second kappa shape index (κ2) is 10.2. The van der Waals surface area contributed by atoms with Crippen LogP contribution in [0.2, 0.25) is 0 Å². The van der Waals surface area contributed by atoms with E-state index in [2.05, 4.69) is 25.8 Å². The van der Waals surface area contributed by atoms with E-state index in [-0.39, 0.29) is 23.8 Å². The molecule has 1 aromatic rings. The molecule has 1 aromatic heterocycles. The van der Waals surface area contributed by atoms with Crippen molar-refractivity contribution >= 4 is 23.7 Å².